The fraction of sp³-hybridized carbons (Fsp3) is 0.0870. The Morgan fingerprint density at radius 1 is 0.350 bits per heavy atom. The van der Waals surface area contributed by atoms with Crippen molar-refractivity contribution in [2.45, 2.75) is 47.3 Å². The predicted molar refractivity (Wildman–Crippen MR) is 247 cm³/mol. The molecule has 0 aliphatic rings. The fourth-order valence-electron chi connectivity index (χ4n) is 4.80. The second kappa shape index (κ2) is 22.8. The van der Waals surface area contributed by atoms with Gasteiger partial charge < -0.3 is 0 Å². The van der Waals surface area contributed by atoms with Crippen LogP contribution in [-0.2, 0) is 18.9 Å². The first-order valence-corrected chi connectivity index (χ1v) is 41.6. The summed E-state index contributed by atoms with van der Waals surface area (Å²) in [4.78, 5) is 54.1. The van der Waals surface area contributed by atoms with Gasteiger partial charge in [-0.2, -0.15) is 0 Å². The molecule has 0 atom stereocenters. The third kappa shape index (κ3) is 14.6. The maximum absolute atomic E-state index is 12.5. The molecule has 0 aromatic heterocycles. The fourth-order valence-corrected chi connectivity index (χ4v) is 45.8. The van der Waals surface area contributed by atoms with E-state index in [2.05, 4.69) is 50.6 Å². The van der Waals surface area contributed by atoms with E-state index < -0.39 is 61.5 Å². The minimum absolute atomic E-state index is 0.328. The summed E-state index contributed by atoms with van der Waals surface area (Å²) in [5, 5.41) is 0. The van der Waals surface area contributed by atoms with E-state index in [1.54, 1.807) is 76.2 Å². The molecule has 0 amide bonds. The summed E-state index contributed by atoms with van der Waals surface area (Å²) in [6, 6.07) is 38.7. The summed E-state index contributed by atoms with van der Waals surface area (Å²) in [5.74, 6) is -0.493. The van der Waals surface area contributed by atoms with Crippen LogP contribution in [0.15, 0.2) is 190 Å². The Balaban J connectivity index is 1.44. The van der Waals surface area contributed by atoms with Crippen molar-refractivity contribution in [3.05, 3.63) is 193 Å². The molecule has 0 N–H and O–H groups in total. The minimum atomic E-state index is -2.78. The van der Waals surface area contributed by atoms with Crippen molar-refractivity contribution < 1.29 is 38.1 Å². The van der Waals surface area contributed by atoms with Crippen molar-refractivity contribution >= 4 is 102 Å². The Bertz CT molecular complexity index is 2080. The van der Waals surface area contributed by atoms with Gasteiger partial charge >= 0.3 is 380 Å². The average Bonchev–Trinajstić information content (AvgIpc) is 3.20. The Labute approximate surface area is 376 Å². The molecular weight excluding hydrogens is 1230 g/mol. The number of allylic oxidation sites excluding steroid dienone is 4. The number of rotatable bonds is 18. The topological polar surface area (TPSA) is 105 Å². The van der Waals surface area contributed by atoms with Gasteiger partial charge in [0.15, 0.2) is 0 Å². The van der Waals surface area contributed by atoms with Crippen LogP contribution in [0.4, 0.5) is 0 Å². The molecule has 0 heterocycles. The van der Waals surface area contributed by atoms with Crippen LogP contribution in [0.5, 0.6) is 0 Å². The molecule has 0 spiro atoms. The Kier molecular flexibility index (Phi) is 17.9. The van der Waals surface area contributed by atoms with Gasteiger partial charge in [0, 0.05) is 0 Å². The van der Waals surface area contributed by atoms with Gasteiger partial charge in [0.25, 0.3) is 0 Å². The van der Waals surface area contributed by atoms with Gasteiger partial charge in [0.1, 0.15) is 0 Å². The third-order valence-corrected chi connectivity index (χ3v) is 48.5. The molecule has 0 aliphatic carbocycles. The quantitative estimate of drug-likeness (QED) is 0.0361. The normalized spacial score (nSPS) is 10.8. The Hall–Kier alpha value is -3.89. The van der Waals surface area contributed by atoms with Gasteiger partial charge in [0.2, 0.25) is 0 Å². The summed E-state index contributed by atoms with van der Waals surface area (Å²) < 4.78 is 23.3. The number of ether oxygens (including phenoxy) is 4. The van der Waals surface area contributed by atoms with E-state index in [1.807, 2.05) is 82.6 Å². The zero-order valence-electron chi connectivity index (χ0n) is 33.2. The number of carbonyl (C=O) groups is 4. The number of benzene rings is 5. The van der Waals surface area contributed by atoms with Gasteiger partial charge in [-0.1, -0.05) is 0 Å². The van der Waals surface area contributed by atoms with E-state index in [9.17, 15) is 19.2 Å². The average molecular weight is 1270 g/mol. The van der Waals surface area contributed by atoms with Crippen molar-refractivity contribution in [1.82, 2.24) is 0 Å². The van der Waals surface area contributed by atoms with Crippen LogP contribution in [0.25, 0.3) is 0 Å². The summed E-state index contributed by atoms with van der Waals surface area (Å²) >= 11 is -5.56. The van der Waals surface area contributed by atoms with E-state index in [4.69, 9.17) is 18.9 Å². The molecule has 5 aromatic rings. The number of hydrogen-bond acceptors (Lipinski definition) is 12. The molecule has 5 rings (SSSR count). The molecule has 0 saturated carbocycles. The molecule has 0 bridgehead atoms. The first kappa shape index (κ1) is 47.2. The van der Waals surface area contributed by atoms with Crippen LogP contribution in [0.1, 0.15) is 69.1 Å². The molecule has 306 valence electrons. The van der Waals surface area contributed by atoms with Crippen LogP contribution in [0, 0.1) is 0 Å². The van der Waals surface area contributed by atoms with Gasteiger partial charge in [-0.05, 0) is 0 Å². The molecule has 14 heteroatoms. The van der Waals surface area contributed by atoms with Gasteiger partial charge in [-0.15, -0.1) is 0 Å². The van der Waals surface area contributed by atoms with Gasteiger partial charge in [0.05, 0.1) is 0 Å². The van der Waals surface area contributed by atoms with Crippen LogP contribution in [0.3, 0.4) is 0 Å². The molecular formula is C46H40Bi2O8S4. The standard InChI is InChI=1S/4C10H10O2S.C6H4.2Bi/c4*1-7(2)12-10(11)8-3-5-9(13)6-4-8;1-2-4-6-5-3-1;;/h4*3-6,13H,1H2,2H3;1-2,5-6H;;/q;;;;;2*+2/p-4. The van der Waals surface area contributed by atoms with E-state index in [0.29, 0.717) is 45.3 Å². The maximum atomic E-state index is 12.5. The van der Waals surface area contributed by atoms with Crippen molar-refractivity contribution in [2.75, 3.05) is 0 Å². The second-order valence-electron chi connectivity index (χ2n) is 12.9. The number of esters is 4. The summed E-state index contributed by atoms with van der Waals surface area (Å²) in [6.07, 6.45) is 0. The molecule has 60 heavy (non-hydrogen) atoms. The predicted octanol–water partition coefficient (Wildman–Crippen LogP) is 11.0. The SMILES string of the molecule is C=C(C)OC(=O)c1ccc([S][Bi]([S]c2ccc(C(=O)OC(=C)C)cc2)[c]2cc[c]([Bi]([S]c3ccc(C(=O)OC(=C)C)cc3)[S]c3ccc(C(=O)OC(=C)C)cc3)cc2)cc1. The monoisotopic (exact) mass is 1270 g/mol. The Morgan fingerprint density at radius 2 is 0.533 bits per heavy atom. The van der Waals surface area contributed by atoms with Crippen molar-refractivity contribution in [3.63, 3.8) is 0 Å². The van der Waals surface area contributed by atoms with Crippen LogP contribution >= 0.6 is 34.1 Å². The van der Waals surface area contributed by atoms with Crippen LogP contribution in [-0.4, -0.2) is 61.5 Å². The van der Waals surface area contributed by atoms with E-state index in [-0.39, 0.29) is 0 Å². The molecule has 0 radical (unpaired) electrons. The first-order valence-electron chi connectivity index (χ1n) is 18.0. The molecule has 0 fully saturated rings. The summed E-state index contributed by atoms with van der Waals surface area (Å²) in [7, 11) is 7.35. The van der Waals surface area contributed by atoms with E-state index in [0.717, 1.165) is 19.6 Å². The molecule has 0 unspecified atom stereocenters. The molecule has 0 saturated heterocycles. The van der Waals surface area contributed by atoms with E-state index >= 15 is 0 Å². The van der Waals surface area contributed by atoms with Crippen molar-refractivity contribution in [2.24, 2.45) is 0 Å². The Morgan fingerprint density at radius 3 is 0.700 bits per heavy atom. The van der Waals surface area contributed by atoms with Gasteiger partial charge in [-0.3, -0.25) is 0 Å². The van der Waals surface area contributed by atoms with Crippen LogP contribution < -0.4 is 6.54 Å². The third-order valence-electron chi connectivity index (χ3n) is 7.45. The summed E-state index contributed by atoms with van der Waals surface area (Å²) in [6.45, 7) is 21.2. The van der Waals surface area contributed by atoms with Crippen molar-refractivity contribution in [1.29, 1.82) is 0 Å². The molecule has 8 nitrogen and oxygen atoms in total. The molecule has 5 aromatic carbocycles. The van der Waals surface area contributed by atoms with Gasteiger partial charge in [-0.25, -0.2) is 0 Å². The molecule has 0 aliphatic heterocycles. The summed E-state index contributed by atoms with van der Waals surface area (Å²) in [5.41, 5.74) is 1.77. The van der Waals surface area contributed by atoms with Crippen LogP contribution in [0.2, 0.25) is 0 Å². The zero-order chi connectivity index (χ0) is 43.3. The van der Waals surface area contributed by atoms with E-state index in [1.165, 1.54) is 6.54 Å². The number of hydrogen-bond donors (Lipinski definition) is 0. The zero-order valence-corrected chi connectivity index (χ0v) is 43.4. The number of carbonyl (C=O) groups excluding carboxylic acids is 4. The first-order chi connectivity index (χ1) is 28.6. The van der Waals surface area contributed by atoms with Crippen molar-refractivity contribution in [3.8, 4) is 0 Å². The second-order valence-corrected chi connectivity index (χ2v) is 48.9.